The van der Waals surface area contributed by atoms with Gasteiger partial charge in [-0.25, -0.2) is 4.39 Å². The molecular weight excluding hydrogens is 249 g/mol. The van der Waals surface area contributed by atoms with Crippen molar-refractivity contribution in [2.24, 2.45) is 0 Å². The molecule has 4 nitrogen and oxygen atoms in total. The zero-order chi connectivity index (χ0) is 13.8. The van der Waals surface area contributed by atoms with Crippen LogP contribution in [0.4, 0.5) is 10.1 Å². The molecule has 0 unspecified atom stereocenters. The maximum absolute atomic E-state index is 13.7. The molecule has 98 valence electrons. The maximum Gasteiger partial charge on any atom is 0.272 e. The first-order valence-electron chi connectivity index (χ1n) is 5.69. The van der Waals surface area contributed by atoms with Gasteiger partial charge in [0, 0.05) is 11.6 Å². The van der Waals surface area contributed by atoms with E-state index < -0.39 is 10.7 Å². The Morgan fingerprint density at radius 3 is 2.53 bits per heavy atom. The first-order valence-corrected chi connectivity index (χ1v) is 5.69. The van der Waals surface area contributed by atoms with E-state index in [4.69, 9.17) is 4.74 Å². The Labute approximate surface area is 109 Å². The third-order valence-corrected chi connectivity index (χ3v) is 2.65. The molecule has 0 heterocycles. The minimum atomic E-state index is -0.720. The van der Waals surface area contributed by atoms with Gasteiger partial charge >= 0.3 is 0 Å². The molecule has 2 aromatic carbocycles. The van der Waals surface area contributed by atoms with Crippen LogP contribution in [0.2, 0.25) is 0 Å². The van der Waals surface area contributed by atoms with Crippen molar-refractivity contribution >= 4 is 5.69 Å². The Morgan fingerprint density at radius 2 is 1.95 bits per heavy atom. The average Bonchev–Trinajstić information content (AvgIpc) is 2.38. The molecule has 0 atom stereocenters. The molecule has 0 fully saturated rings. The monoisotopic (exact) mass is 261 g/mol. The fourth-order valence-corrected chi connectivity index (χ4v) is 1.73. The summed E-state index contributed by atoms with van der Waals surface area (Å²) >= 11 is 0. The third-order valence-electron chi connectivity index (χ3n) is 2.65. The molecule has 0 radical (unpaired) electrons. The molecule has 0 aliphatic carbocycles. The van der Waals surface area contributed by atoms with Crippen molar-refractivity contribution < 1.29 is 14.1 Å². The zero-order valence-electron chi connectivity index (χ0n) is 10.3. The quantitative estimate of drug-likeness (QED) is 0.624. The molecule has 0 bridgehead atoms. The summed E-state index contributed by atoms with van der Waals surface area (Å²) in [4.78, 5) is 9.97. The molecule has 0 aliphatic rings. The lowest BCUT2D eigenvalue weighted by atomic mass is 10.2. The van der Waals surface area contributed by atoms with Crippen LogP contribution in [-0.4, -0.2) is 4.92 Å². The van der Waals surface area contributed by atoms with Gasteiger partial charge in [0.2, 0.25) is 0 Å². The average molecular weight is 261 g/mol. The summed E-state index contributed by atoms with van der Waals surface area (Å²) in [6.07, 6.45) is 0. The van der Waals surface area contributed by atoms with Crippen LogP contribution in [0.1, 0.15) is 11.1 Å². The van der Waals surface area contributed by atoms with Crippen LogP contribution in [0.25, 0.3) is 0 Å². The second-order valence-corrected chi connectivity index (χ2v) is 4.10. The van der Waals surface area contributed by atoms with Crippen LogP contribution in [0, 0.1) is 22.9 Å². The summed E-state index contributed by atoms with van der Waals surface area (Å²) < 4.78 is 19.1. The summed E-state index contributed by atoms with van der Waals surface area (Å²) in [6, 6.07) is 11.5. The lowest BCUT2D eigenvalue weighted by Crippen LogP contribution is -2.00. The van der Waals surface area contributed by atoms with Crippen molar-refractivity contribution in [3.05, 3.63) is 69.5 Å². The molecular formula is C14H12FNO3. The summed E-state index contributed by atoms with van der Waals surface area (Å²) in [6.45, 7) is 1.80. The fraction of sp³-hybridized carbons (Fsp3) is 0.143. The molecule has 2 rings (SSSR count). The van der Waals surface area contributed by atoms with E-state index in [0.717, 1.165) is 11.6 Å². The van der Waals surface area contributed by atoms with Gasteiger partial charge in [0.25, 0.3) is 5.69 Å². The summed E-state index contributed by atoms with van der Waals surface area (Å²) in [5.41, 5.74) is 1.03. The van der Waals surface area contributed by atoms with Crippen molar-refractivity contribution in [2.75, 3.05) is 0 Å². The first-order chi connectivity index (χ1) is 9.08. The standard InChI is InChI=1S/C14H12FNO3/c1-10-7-12(16(17)18)8-13(15)14(10)19-9-11-5-3-2-4-6-11/h2-8H,9H2,1H3. The highest BCUT2D eigenvalue weighted by Gasteiger charge is 2.15. The summed E-state index contributed by atoms with van der Waals surface area (Å²) in [5.74, 6) is -0.669. The number of benzene rings is 2. The molecule has 0 aromatic heterocycles. The predicted octanol–water partition coefficient (Wildman–Crippen LogP) is 3.62. The molecule has 5 heteroatoms. The van der Waals surface area contributed by atoms with Crippen molar-refractivity contribution in [3.8, 4) is 5.75 Å². The second kappa shape index (κ2) is 5.48. The van der Waals surface area contributed by atoms with E-state index in [9.17, 15) is 14.5 Å². The van der Waals surface area contributed by atoms with Crippen molar-refractivity contribution in [1.29, 1.82) is 0 Å². The normalized spacial score (nSPS) is 10.2. The SMILES string of the molecule is Cc1cc([N+](=O)[O-])cc(F)c1OCc1ccccc1. The highest BCUT2D eigenvalue weighted by molar-refractivity contribution is 5.44. The Hall–Kier alpha value is -2.43. The van der Waals surface area contributed by atoms with E-state index in [-0.39, 0.29) is 18.0 Å². The number of hydrogen-bond acceptors (Lipinski definition) is 3. The molecule has 0 aliphatic heterocycles. The van der Waals surface area contributed by atoms with Crippen LogP contribution in [0.3, 0.4) is 0 Å². The van der Waals surface area contributed by atoms with Crippen molar-refractivity contribution in [3.63, 3.8) is 0 Å². The van der Waals surface area contributed by atoms with Gasteiger partial charge in [0.05, 0.1) is 11.0 Å². The molecule has 0 amide bonds. The first kappa shape index (κ1) is 13.0. The van der Waals surface area contributed by atoms with Gasteiger partial charge in [0.15, 0.2) is 11.6 Å². The summed E-state index contributed by atoms with van der Waals surface area (Å²) in [7, 11) is 0. The van der Waals surface area contributed by atoms with Crippen LogP contribution in [0.5, 0.6) is 5.75 Å². The minimum Gasteiger partial charge on any atom is -0.486 e. The number of rotatable bonds is 4. The highest BCUT2D eigenvalue weighted by atomic mass is 19.1. The Morgan fingerprint density at radius 1 is 1.26 bits per heavy atom. The molecule has 0 N–H and O–H groups in total. The van der Waals surface area contributed by atoms with Gasteiger partial charge in [0.1, 0.15) is 6.61 Å². The Kier molecular flexibility index (Phi) is 3.75. The molecule has 0 saturated carbocycles. The van der Waals surface area contributed by atoms with E-state index in [1.165, 1.54) is 6.07 Å². The number of hydrogen-bond donors (Lipinski definition) is 0. The van der Waals surface area contributed by atoms with Crippen molar-refractivity contribution in [2.45, 2.75) is 13.5 Å². The van der Waals surface area contributed by atoms with Crippen LogP contribution in [0.15, 0.2) is 42.5 Å². The van der Waals surface area contributed by atoms with Gasteiger partial charge in [-0.2, -0.15) is 0 Å². The number of ether oxygens (including phenoxy) is 1. The number of halogens is 1. The van der Waals surface area contributed by atoms with E-state index >= 15 is 0 Å². The smallest absolute Gasteiger partial charge is 0.272 e. The van der Waals surface area contributed by atoms with E-state index in [1.807, 2.05) is 30.3 Å². The van der Waals surface area contributed by atoms with E-state index in [0.29, 0.717) is 5.56 Å². The van der Waals surface area contributed by atoms with Crippen LogP contribution < -0.4 is 4.74 Å². The van der Waals surface area contributed by atoms with Gasteiger partial charge in [-0.15, -0.1) is 0 Å². The molecule has 0 spiro atoms. The predicted molar refractivity (Wildman–Crippen MR) is 68.6 cm³/mol. The van der Waals surface area contributed by atoms with E-state index in [1.54, 1.807) is 6.92 Å². The van der Waals surface area contributed by atoms with Gasteiger partial charge in [-0.3, -0.25) is 10.1 Å². The number of non-ortho nitro benzene ring substituents is 1. The number of nitro benzene ring substituents is 1. The van der Waals surface area contributed by atoms with Gasteiger partial charge in [-0.05, 0) is 12.5 Å². The zero-order valence-corrected chi connectivity index (χ0v) is 10.3. The number of nitro groups is 1. The van der Waals surface area contributed by atoms with Gasteiger partial charge < -0.3 is 4.74 Å². The lowest BCUT2D eigenvalue weighted by molar-refractivity contribution is -0.385. The number of aryl methyl sites for hydroxylation is 1. The topological polar surface area (TPSA) is 52.4 Å². The highest BCUT2D eigenvalue weighted by Crippen LogP contribution is 2.28. The second-order valence-electron chi connectivity index (χ2n) is 4.10. The van der Waals surface area contributed by atoms with Crippen LogP contribution >= 0.6 is 0 Å². The molecule has 19 heavy (non-hydrogen) atoms. The lowest BCUT2D eigenvalue weighted by Gasteiger charge is -2.10. The Balaban J connectivity index is 2.19. The van der Waals surface area contributed by atoms with Crippen LogP contribution in [-0.2, 0) is 6.61 Å². The Bertz CT molecular complexity index is 576. The molecule has 2 aromatic rings. The van der Waals surface area contributed by atoms with Crippen molar-refractivity contribution in [1.82, 2.24) is 0 Å². The van der Waals surface area contributed by atoms with Gasteiger partial charge in [-0.1, -0.05) is 30.3 Å². The maximum atomic E-state index is 13.7. The van der Waals surface area contributed by atoms with E-state index in [2.05, 4.69) is 0 Å². The third kappa shape index (κ3) is 3.07. The molecule has 0 saturated heterocycles. The largest absolute Gasteiger partial charge is 0.486 e. The fourth-order valence-electron chi connectivity index (χ4n) is 1.73. The minimum absolute atomic E-state index is 0.0504. The summed E-state index contributed by atoms with van der Waals surface area (Å²) in [5, 5.41) is 10.6. The number of nitrogens with zero attached hydrogens (tertiary/aromatic N) is 1.